The number of amides is 2. The molecule has 0 saturated heterocycles. The van der Waals surface area contributed by atoms with Gasteiger partial charge in [-0.1, -0.05) is 31.0 Å². The quantitative estimate of drug-likeness (QED) is 0.753. The van der Waals surface area contributed by atoms with Crippen molar-refractivity contribution in [2.24, 2.45) is 5.41 Å². The molecule has 2 saturated carbocycles. The number of ether oxygens (including phenoxy) is 1. The van der Waals surface area contributed by atoms with E-state index in [4.69, 9.17) is 4.74 Å². The number of hydrogen-bond acceptors (Lipinski definition) is 3. The molecule has 2 aromatic carbocycles. The number of carbonyl (C=O) groups excluding carboxylic acids is 2. The predicted octanol–water partition coefficient (Wildman–Crippen LogP) is 4.26. The molecular weight excluding hydrogens is 340 g/mol. The number of rotatable bonds is 6. The van der Waals surface area contributed by atoms with Crippen molar-refractivity contribution >= 4 is 17.5 Å². The Morgan fingerprint density at radius 2 is 1.48 bits per heavy atom. The Balaban J connectivity index is 1.35. The first-order valence-electron chi connectivity index (χ1n) is 9.61. The Morgan fingerprint density at radius 1 is 0.852 bits per heavy atom. The average molecular weight is 364 g/mol. The van der Waals surface area contributed by atoms with Crippen LogP contribution in [0.1, 0.15) is 38.5 Å². The second-order valence-electron chi connectivity index (χ2n) is 7.43. The molecule has 2 amide bonds. The van der Waals surface area contributed by atoms with Gasteiger partial charge < -0.3 is 15.4 Å². The zero-order valence-corrected chi connectivity index (χ0v) is 15.2. The van der Waals surface area contributed by atoms with Gasteiger partial charge in [-0.3, -0.25) is 9.59 Å². The van der Waals surface area contributed by atoms with Crippen LogP contribution in [0.25, 0.3) is 0 Å². The fourth-order valence-corrected chi connectivity index (χ4v) is 3.56. The van der Waals surface area contributed by atoms with Crippen LogP contribution in [0.2, 0.25) is 0 Å². The van der Waals surface area contributed by atoms with Crippen molar-refractivity contribution in [3.05, 3.63) is 54.6 Å². The number of hydrogen-bond donors (Lipinski definition) is 2. The third-order valence-corrected chi connectivity index (χ3v) is 5.40. The molecule has 2 aliphatic rings. The molecule has 2 N–H and O–H groups in total. The van der Waals surface area contributed by atoms with E-state index in [0.717, 1.165) is 31.4 Å². The van der Waals surface area contributed by atoms with Gasteiger partial charge in [0, 0.05) is 11.7 Å². The molecule has 0 bridgehead atoms. The molecule has 0 aromatic heterocycles. The Labute approximate surface area is 159 Å². The molecule has 0 radical (unpaired) electrons. The maximum atomic E-state index is 12.7. The molecule has 0 aliphatic heterocycles. The van der Waals surface area contributed by atoms with Gasteiger partial charge in [0.1, 0.15) is 16.9 Å². The number of carbonyl (C=O) groups is 2. The second-order valence-corrected chi connectivity index (χ2v) is 7.43. The maximum absolute atomic E-state index is 12.7. The van der Waals surface area contributed by atoms with Crippen molar-refractivity contribution in [1.82, 2.24) is 5.32 Å². The fourth-order valence-electron chi connectivity index (χ4n) is 3.56. The number of nitrogens with one attached hydrogen (secondary N) is 2. The van der Waals surface area contributed by atoms with Gasteiger partial charge in [0.2, 0.25) is 11.8 Å². The average Bonchev–Trinajstić information content (AvgIpc) is 3.36. The van der Waals surface area contributed by atoms with E-state index in [2.05, 4.69) is 10.6 Å². The molecule has 4 rings (SSSR count). The summed E-state index contributed by atoms with van der Waals surface area (Å²) in [5, 5.41) is 5.95. The molecule has 2 aromatic rings. The third kappa shape index (κ3) is 3.97. The van der Waals surface area contributed by atoms with E-state index in [-0.39, 0.29) is 17.9 Å². The molecule has 0 unspecified atom stereocenters. The zero-order valence-electron chi connectivity index (χ0n) is 15.2. The van der Waals surface area contributed by atoms with E-state index in [1.54, 1.807) is 24.3 Å². The number of anilines is 1. The van der Waals surface area contributed by atoms with Crippen LogP contribution in [0.15, 0.2) is 54.6 Å². The predicted molar refractivity (Wildman–Crippen MR) is 104 cm³/mol. The van der Waals surface area contributed by atoms with Gasteiger partial charge in [0.05, 0.1) is 0 Å². The normalized spacial score (nSPS) is 17.9. The van der Waals surface area contributed by atoms with Gasteiger partial charge in [0.25, 0.3) is 0 Å². The first-order valence-corrected chi connectivity index (χ1v) is 9.61. The SMILES string of the molecule is O=C(Nc1ccc(Oc2ccccc2)cc1)C1(C(=O)NC2CCCC2)CC1. The lowest BCUT2D eigenvalue weighted by Crippen LogP contribution is -2.43. The molecule has 2 fully saturated rings. The van der Waals surface area contributed by atoms with Crippen LogP contribution in [0, 0.1) is 5.41 Å². The highest BCUT2D eigenvalue weighted by molar-refractivity contribution is 6.13. The number of benzene rings is 2. The first-order chi connectivity index (χ1) is 13.2. The van der Waals surface area contributed by atoms with Crippen LogP contribution in [0.3, 0.4) is 0 Å². The fraction of sp³-hybridized carbons (Fsp3) is 0.364. The van der Waals surface area contributed by atoms with Gasteiger partial charge >= 0.3 is 0 Å². The summed E-state index contributed by atoms with van der Waals surface area (Å²) >= 11 is 0. The highest BCUT2D eigenvalue weighted by Crippen LogP contribution is 2.47. The Bertz CT molecular complexity index is 807. The van der Waals surface area contributed by atoms with E-state index in [9.17, 15) is 9.59 Å². The van der Waals surface area contributed by atoms with Crippen LogP contribution in [-0.2, 0) is 9.59 Å². The molecule has 5 nitrogen and oxygen atoms in total. The summed E-state index contributed by atoms with van der Waals surface area (Å²) in [5.41, 5.74) is -0.220. The van der Waals surface area contributed by atoms with Gasteiger partial charge in [-0.25, -0.2) is 0 Å². The van der Waals surface area contributed by atoms with Crippen molar-refractivity contribution in [3.8, 4) is 11.5 Å². The Hall–Kier alpha value is -2.82. The van der Waals surface area contributed by atoms with Crippen molar-refractivity contribution in [2.75, 3.05) is 5.32 Å². The largest absolute Gasteiger partial charge is 0.457 e. The molecule has 5 heteroatoms. The van der Waals surface area contributed by atoms with Gasteiger partial charge in [0.15, 0.2) is 0 Å². The van der Waals surface area contributed by atoms with Gasteiger partial charge in [-0.05, 0) is 62.1 Å². The zero-order chi connectivity index (χ0) is 18.7. The van der Waals surface area contributed by atoms with E-state index in [0.29, 0.717) is 24.3 Å². The van der Waals surface area contributed by atoms with E-state index >= 15 is 0 Å². The van der Waals surface area contributed by atoms with Crippen LogP contribution in [-0.4, -0.2) is 17.9 Å². The summed E-state index contributed by atoms with van der Waals surface area (Å²) in [4.78, 5) is 25.3. The summed E-state index contributed by atoms with van der Waals surface area (Å²) in [5.74, 6) is 1.12. The summed E-state index contributed by atoms with van der Waals surface area (Å²) in [6.45, 7) is 0. The third-order valence-electron chi connectivity index (χ3n) is 5.40. The van der Waals surface area contributed by atoms with Crippen molar-refractivity contribution < 1.29 is 14.3 Å². The van der Waals surface area contributed by atoms with E-state index in [1.807, 2.05) is 30.3 Å². The smallest absolute Gasteiger partial charge is 0.240 e. The standard InChI is InChI=1S/C22H24N2O3/c25-20(23-16-6-4-5-7-16)22(14-15-22)21(26)24-17-10-12-19(13-11-17)27-18-8-2-1-3-9-18/h1-3,8-13,16H,4-7,14-15H2,(H,23,25)(H,24,26). The van der Waals surface area contributed by atoms with Gasteiger partial charge in [-0.2, -0.15) is 0 Å². The minimum atomic E-state index is -0.887. The van der Waals surface area contributed by atoms with Crippen LogP contribution in [0.4, 0.5) is 5.69 Å². The summed E-state index contributed by atoms with van der Waals surface area (Å²) in [6, 6.07) is 17.0. The lowest BCUT2D eigenvalue weighted by atomic mass is 10.0. The molecular formula is C22H24N2O3. The summed E-state index contributed by atoms with van der Waals surface area (Å²) in [6.07, 6.45) is 5.58. The maximum Gasteiger partial charge on any atom is 0.240 e. The highest BCUT2D eigenvalue weighted by Gasteiger charge is 2.56. The molecule has 0 heterocycles. The molecule has 140 valence electrons. The summed E-state index contributed by atoms with van der Waals surface area (Å²) in [7, 11) is 0. The Kier molecular flexibility index (Phi) is 4.84. The molecule has 2 aliphatic carbocycles. The van der Waals surface area contributed by atoms with Crippen LogP contribution < -0.4 is 15.4 Å². The highest BCUT2D eigenvalue weighted by atomic mass is 16.5. The summed E-state index contributed by atoms with van der Waals surface area (Å²) < 4.78 is 5.75. The molecule has 27 heavy (non-hydrogen) atoms. The second kappa shape index (κ2) is 7.43. The van der Waals surface area contributed by atoms with Crippen molar-refractivity contribution in [1.29, 1.82) is 0 Å². The number of para-hydroxylation sites is 1. The molecule has 0 atom stereocenters. The van der Waals surface area contributed by atoms with Crippen molar-refractivity contribution in [2.45, 2.75) is 44.6 Å². The Morgan fingerprint density at radius 3 is 2.11 bits per heavy atom. The lowest BCUT2D eigenvalue weighted by molar-refractivity contribution is -0.134. The monoisotopic (exact) mass is 364 g/mol. The van der Waals surface area contributed by atoms with E-state index in [1.165, 1.54) is 0 Å². The first kappa shape index (κ1) is 17.6. The van der Waals surface area contributed by atoms with Crippen LogP contribution in [0.5, 0.6) is 11.5 Å². The van der Waals surface area contributed by atoms with Crippen LogP contribution >= 0.6 is 0 Å². The lowest BCUT2D eigenvalue weighted by Gasteiger charge is -2.19. The van der Waals surface area contributed by atoms with Gasteiger partial charge in [-0.15, -0.1) is 0 Å². The van der Waals surface area contributed by atoms with Crippen molar-refractivity contribution in [3.63, 3.8) is 0 Å². The topological polar surface area (TPSA) is 67.4 Å². The molecule has 0 spiro atoms. The minimum absolute atomic E-state index is 0.115. The van der Waals surface area contributed by atoms with E-state index < -0.39 is 5.41 Å². The minimum Gasteiger partial charge on any atom is -0.457 e.